The van der Waals surface area contributed by atoms with Crippen LogP contribution in [-0.2, 0) is 11.3 Å². The van der Waals surface area contributed by atoms with E-state index in [0.29, 0.717) is 18.7 Å². The highest BCUT2D eigenvalue weighted by atomic mass is 19.1. The van der Waals surface area contributed by atoms with Gasteiger partial charge in [-0.1, -0.05) is 55.8 Å². The lowest BCUT2D eigenvalue weighted by atomic mass is 9.95. The Labute approximate surface area is 148 Å². The number of halogens is 1. The van der Waals surface area contributed by atoms with Crippen LogP contribution in [0.1, 0.15) is 38.7 Å². The fourth-order valence-electron chi connectivity index (χ4n) is 3.45. The second kappa shape index (κ2) is 7.26. The number of benzene rings is 2. The van der Waals surface area contributed by atoms with Gasteiger partial charge in [-0.25, -0.2) is 4.39 Å². The second-order valence-electron chi connectivity index (χ2n) is 6.56. The largest absolute Gasteiger partial charge is 0.462 e. The van der Waals surface area contributed by atoms with E-state index in [-0.39, 0.29) is 0 Å². The van der Waals surface area contributed by atoms with E-state index >= 15 is 4.39 Å². The number of fused-ring (bicyclic) bond motifs is 1. The molecule has 0 saturated carbocycles. The Bertz CT molecular complexity index is 734. The van der Waals surface area contributed by atoms with Crippen LogP contribution in [0.15, 0.2) is 54.6 Å². The summed E-state index contributed by atoms with van der Waals surface area (Å²) in [5, 5.41) is 0. The van der Waals surface area contributed by atoms with E-state index < -0.39 is 17.7 Å². The van der Waals surface area contributed by atoms with Gasteiger partial charge in [-0.05, 0) is 31.0 Å². The summed E-state index contributed by atoms with van der Waals surface area (Å²) in [7, 11) is 0. The first-order valence-corrected chi connectivity index (χ1v) is 8.82. The first-order chi connectivity index (χ1) is 12.1. The molecule has 0 saturated heterocycles. The molecule has 132 valence electrons. The van der Waals surface area contributed by atoms with Crippen molar-refractivity contribution in [2.75, 3.05) is 4.90 Å². The number of unbranched alkanes of at least 4 members (excludes halogenated alkanes) is 1. The summed E-state index contributed by atoms with van der Waals surface area (Å²) in [5.41, 5.74) is 0.618. The van der Waals surface area contributed by atoms with Crippen molar-refractivity contribution in [3.05, 3.63) is 60.2 Å². The van der Waals surface area contributed by atoms with E-state index in [1.807, 2.05) is 59.5 Å². The van der Waals surface area contributed by atoms with Gasteiger partial charge in [0.05, 0.1) is 5.69 Å². The zero-order valence-corrected chi connectivity index (χ0v) is 14.7. The monoisotopic (exact) mass is 341 g/mol. The average Bonchev–Trinajstić information content (AvgIpc) is 2.95. The van der Waals surface area contributed by atoms with Gasteiger partial charge < -0.3 is 9.64 Å². The summed E-state index contributed by atoms with van der Waals surface area (Å²) in [5.74, 6) is 0.139. The predicted molar refractivity (Wildman–Crippen MR) is 97.5 cm³/mol. The number of carbonyl (C=O) groups excluding carboxylic acids is 1. The molecule has 0 bridgehead atoms. The Balaban J connectivity index is 2.06. The molecule has 2 unspecified atom stereocenters. The van der Waals surface area contributed by atoms with E-state index in [4.69, 9.17) is 4.74 Å². The topological polar surface area (TPSA) is 29.5 Å². The molecule has 2 aromatic carbocycles. The van der Waals surface area contributed by atoms with Gasteiger partial charge in [0.25, 0.3) is 0 Å². The summed E-state index contributed by atoms with van der Waals surface area (Å²) in [6, 6.07) is 17.4. The van der Waals surface area contributed by atoms with Gasteiger partial charge in [0, 0.05) is 13.0 Å². The van der Waals surface area contributed by atoms with Gasteiger partial charge in [0.15, 0.2) is 5.78 Å². The van der Waals surface area contributed by atoms with Crippen molar-refractivity contribution in [3.8, 4) is 5.75 Å². The zero-order valence-electron chi connectivity index (χ0n) is 14.7. The molecule has 1 aliphatic heterocycles. The maximum atomic E-state index is 15.2. The maximum absolute atomic E-state index is 15.2. The van der Waals surface area contributed by atoms with Gasteiger partial charge in [-0.15, -0.1) is 0 Å². The van der Waals surface area contributed by atoms with Crippen LogP contribution in [0.2, 0.25) is 0 Å². The van der Waals surface area contributed by atoms with Crippen LogP contribution in [0.4, 0.5) is 10.1 Å². The molecule has 3 nitrogen and oxygen atoms in total. The van der Waals surface area contributed by atoms with Gasteiger partial charge in [-0.2, -0.15) is 0 Å². The average molecular weight is 341 g/mol. The van der Waals surface area contributed by atoms with Crippen LogP contribution in [0, 0.1) is 0 Å². The van der Waals surface area contributed by atoms with E-state index in [1.54, 1.807) is 0 Å². The van der Waals surface area contributed by atoms with Crippen molar-refractivity contribution < 1.29 is 13.9 Å². The maximum Gasteiger partial charge on any atom is 0.222 e. The quantitative estimate of drug-likeness (QED) is 0.717. The highest BCUT2D eigenvalue weighted by Gasteiger charge is 2.53. The lowest BCUT2D eigenvalue weighted by Gasteiger charge is -2.40. The fourth-order valence-corrected chi connectivity index (χ4v) is 3.45. The molecule has 0 spiro atoms. The molecule has 4 heteroatoms. The van der Waals surface area contributed by atoms with Crippen molar-refractivity contribution in [3.63, 3.8) is 0 Å². The molecule has 0 amide bonds. The number of anilines is 1. The highest BCUT2D eigenvalue weighted by molar-refractivity contribution is 5.83. The van der Waals surface area contributed by atoms with Crippen molar-refractivity contribution in [2.24, 2.45) is 0 Å². The molecule has 2 aromatic rings. The summed E-state index contributed by atoms with van der Waals surface area (Å²) >= 11 is 0. The van der Waals surface area contributed by atoms with Gasteiger partial charge in [0.2, 0.25) is 11.9 Å². The Morgan fingerprint density at radius 3 is 2.52 bits per heavy atom. The van der Waals surface area contributed by atoms with Gasteiger partial charge >= 0.3 is 0 Å². The molecule has 0 N–H and O–H groups in total. The molecule has 25 heavy (non-hydrogen) atoms. The van der Waals surface area contributed by atoms with E-state index in [2.05, 4.69) is 6.92 Å². The van der Waals surface area contributed by atoms with Crippen LogP contribution in [0.25, 0.3) is 0 Å². The Morgan fingerprint density at radius 1 is 1.16 bits per heavy atom. The first-order valence-electron chi connectivity index (χ1n) is 8.82. The third-order valence-electron chi connectivity index (χ3n) is 4.72. The molecule has 1 heterocycles. The molecule has 2 atom stereocenters. The summed E-state index contributed by atoms with van der Waals surface area (Å²) in [4.78, 5) is 13.9. The third-order valence-corrected chi connectivity index (χ3v) is 4.72. The van der Waals surface area contributed by atoms with Crippen LogP contribution >= 0.6 is 0 Å². The lowest BCUT2D eigenvalue weighted by Crippen LogP contribution is -2.58. The van der Waals surface area contributed by atoms with Gasteiger partial charge in [0.1, 0.15) is 5.75 Å². The Kier molecular flexibility index (Phi) is 5.07. The van der Waals surface area contributed by atoms with Crippen LogP contribution < -0.4 is 9.64 Å². The zero-order chi connectivity index (χ0) is 17.9. The number of ether oxygens (including phenoxy) is 1. The molecule has 3 rings (SSSR count). The minimum Gasteiger partial charge on any atom is -0.462 e. The number of nitrogens with zero attached hydrogens (tertiary/aromatic N) is 1. The van der Waals surface area contributed by atoms with Crippen molar-refractivity contribution in [1.82, 2.24) is 0 Å². The molecule has 0 fully saturated rings. The summed E-state index contributed by atoms with van der Waals surface area (Å²) in [6.07, 6.45) is 0.458. The van der Waals surface area contributed by atoms with Crippen LogP contribution in [0.3, 0.4) is 0 Å². The van der Waals surface area contributed by atoms with E-state index in [1.165, 1.54) is 6.92 Å². The minimum atomic E-state index is -1.70. The lowest BCUT2D eigenvalue weighted by molar-refractivity contribution is -0.130. The normalized spacial score (nSPS) is 20.0. The van der Waals surface area contributed by atoms with Crippen molar-refractivity contribution in [2.45, 2.75) is 51.6 Å². The number of hydrogen-bond acceptors (Lipinski definition) is 3. The van der Waals surface area contributed by atoms with Gasteiger partial charge in [-0.3, -0.25) is 4.79 Å². The minimum absolute atomic E-state index is 0.464. The molecule has 1 aliphatic rings. The fraction of sp³-hybridized carbons (Fsp3) is 0.381. The number of carbonyl (C=O) groups is 1. The number of Topliss-reactive ketones (excluding diaryl/α,β-unsaturated/α-hetero) is 1. The number of para-hydroxylation sites is 2. The third kappa shape index (κ3) is 3.26. The number of ketones is 1. The summed E-state index contributed by atoms with van der Waals surface area (Å²) < 4.78 is 21.3. The molecule has 0 aromatic heterocycles. The number of hydrogen-bond donors (Lipinski definition) is 0. The number of alkyl halides is 1. The molecule has 0 radical (unpaired) electrons. The standard InChI is InChI=1S/C21H24FNO2/c1-3-4-14-21(20(22)16(2)24)23(15-17-10-6-5-7-11-17)18-12-8-9-13-19(18)25-21/h5-13,20H,3-4,14-15H2,1-2H3. The van der Waals surface area contributed by atoms with Crippen molar-refractivity contribution in [1.29, 1.82) is 0 Å². The van der Waals surface area contributed by atoms with Crippen molar-refractivity contribution >= 4 is 11.5 Å². The Hall–Kier alpha value is -2.36. The highest BCUT2D eigenvalue weighted by Crippen LogP contribution is 2.47. The van der Waals surface area contributed by atoms with Crippen LogP contribution in [-0.4, -0.2) is 17.7 Å². The first kappa shape index (κ1) is 17.5. The smallest absolute Gasteiger partial charge is 0.222 e. The molecule has 0 aliphatic carbocycles. The Morgan fingerprint density at radius 2 is 1.84 bits per heavy atom. The SMILES string of the molecule is CCCCC1(C(F)C(C)=O)Oc2ccccc2N1Cc1ccccc1. The van der Waals surface area contributed by atoms with Crippen LogP contribution in [0.5, 0.6) is 5.75 Å². The molecular formula is C21H24FNO2. The number of rotatable bonds is 7. The molecular weight excluding hydrogens is 317 g/mol. The second-order valence-corrected chi connectivity index (χ2v) is 6.56. The predicted octanol–water partition coefficient (Wildman–Crippen LogP) is 4.90. The van der Waals surface area contributed by atoms with E-state index in [0.717, 1.165) is 24.1 Å². The summed E-state index contributed by atoms with van der Waals surface area (Å²) in [6.45, 7) is 3.85. The van der Waals surface area contributed by atoms with E-state index in [9.17, 15) is 4.79 Å².